The summed E-state index contributed by atoms with van der Waals surface area (Å²) in [7, 11) is 1.18. The molecule has 0 aromatic heterocycles. The van der Waals surface area contributed by atoms with Crippen LogP contribution in [0.1, 0.15) is 412 Å². The number of hydrogen-bond acceptors (Lipinski definition) is 8. The maximum atomic E-state index is 12.9. The van der Waals surface area contributed by atoms with Crippen LogP contribution in [-0.4, -0.2) is 70.0 Å². The summed E-state index contributed by atoms with van der Waals surface area (Å²) in [6.45, 7) is 4.19. The molecule has 0 heterocycles. The fourth-order valence-electron chi connectivity index (χ4n) is 12.4. The van der Waals surface area contributed by atoms with Gasteiger partial charge in [-0.1, -0.05) is 389 Å². The van der Waals surface area contributed by atoms with Crippen molar-refractivity contribution in [3.8, 4) is 0 Å². The standard InChI is InChI=1S/C86H160NO8P/c1-6-8-10-12-14-16-18-20-22-24-26-28-30-32-34-36-38-40-41-42-43-44-45-47-48-50-52-54-56-58-60-62-64-66-68-70-72-74-76-78-85(88)92-82-84(83-94-96(90,91)93-81-80-87(3,4)5)95-86(89)79-77-75-73-71-69-67-65-63-61-59-57-55-53-51-49-46-39-37-35-33-31-29-27-25-23-21-19-17-15-13-11-9-7-2/h9,11,15,17,21,23-24,26-27,29,33,35,84H,6-8,10,12-14,16,18-20,22,25,28,30-32,34,36-83H2,1-5H3/b11-9-,17-15-,23-21-,26-24-,29-27-,35-33-. The number of ether oxygens (including phenoxy) is 2. The molecule has 10 heteroatoms. The van der Waals surface area contributed by atoms with Crippen LogP contribution in [0.4, 0.5) is 0 Å². The van der Waals surface area contributed by atoms with E-state index in [-0.39, 0.29) is 32.0 Å². The second kappa shape index (κ2) is 76.6. The zero-order valence-corrected chi connectivity index (χ0v) is 65.2. The molecular formula is C86H160NO8P. The predicted molar refractivity (Wildman–Crippen MR) is 416 cm³/mol. The van der Waals surface area contributed by atoms with Crippen molar-refractivity contribution in [1.29, 1.82) is 0 Å². The molecule has 0 radical (unpaired) electrons. The molecule has 0 saturated heterocycles. The molecule has 2 unspecified atom stereocenters. The molecule has 0 aromatic rings. The first-order chi connectivity index (χ1) is 47.0. The van der Waals surface area contributed by atoms with Crippen molar-refractivity contribution in [3.05, 3.63) is 72.9 Å². The van der Waals surface area contributed by atoms with Crippen LogP contribution in [0.25, 0.3) is 0 Å². The Balaban J connectivity index is 3.89. The van der Waals surface area contributed by atoms with Gasteiger partial charge in [-0.05, 0) is 83.5 Å². The number of carbonyl (C=O) groups excluding carboxylic acids is 2. The van der Waals surface area contributed by atoms with E-state index in [9.17, 15) is 19.0 Å². The van der Waals surface area contributed by atoms with Gasteiger partial charge in [0.25, 0.3) is 7.82 Å². The Bertz CT molecular complexity index is 1850. The molecule has 0 spiro atoms. The average molecular weight is 1370 g/mol. The van der Waals surface area contributed by atoms with Crippen molar-refractivity contribution >= 4 is 19.8 Å². The van der Waals surface area contributed by atoms with Gasteiger partial charge in [0, 0.05) is 12.8 Å². The molecule has 0 aliphatic heterocycles. The van der Waals surface area contributed by atoms with Crippen LogP contribution in [0, 0.1) is 0 Å². The third kappa shape index (κ3) is 80.4. The van der Waals surface area contributed by atoms with Crippen LogP contribution < -0.4 is 4.89 Å². The van der Waals surface area contributed by atoms with Gasteiger partial charge in [0.05, 0.1) is 27.7 Å². The number of nitrogens with zero attached hydrogens (tertiary/aromatic N) is 1. The molecule has 0 aromatic carbocycles. The summed E-state index contributed by atoms with van der Waals surface area (Å²) >= 11 is 0. The summed E-state index contributed by atoms with van der Waals surface area (Å²) in [5.41, 5.74) is 0. The van der Waals surface area contributed by atoms with Gasteiger partial charge >= 0.3 is 11.9 Å². The van der Waals surface area contributed by atoms with E-state index in [1.165, 1.54) is 308 Å². The number of likely N-dealkylation sites (N-methyl/N-ethyl adjacent to an activating group) is 1. The number of hydrogen-bond donors (Lipinski definition) is 0. The molecule has 9 nitrogen and oxygen atoms in total. The summed E-state index contributed by atoms with van der Waals surface area (Å²) < 4.78 is 34.4. The Kier molecular flexibility index (Phi) is 74.6. The van der Waals surface area contributed by atoms with Gasteiger partial charge in [-0.2, -0.15) is 0 Å². The second-order valence-electron chi connectivity index (χ2n) is 29.5. The number of esters is 2. The number of phosphoric acid groups is 1. The summed E-state index contributed by atoms with van der Waals surface area (Å²) in [5, 5.41) is 0. The Morgan fingerprint density at radius 2 is 0.594 bits per heavy atom. The molecule has 0 aliphatic carbocycles. The molecule has 0 rings (SSSR count). The highest BCUT2D eigenvalue weighted by Gasteiger charge is 2.22. The third-order valence-corrected chi connectivity index (χ3v) is 19.7. The number of rotatable bonds is 78. The van der Waals surface area contributed by atoms with Gasteiger partial charge in [-0.25, -0.2) is 0 Å². The van der Waals surface area contributed by atoms with E-state index < -0.39 is 26.5 Å². The Labute approximate surface area is 597 Å². The van der Waals surface area contributed by atoms with Crippen LogP contribution in [-0.2, 0) is 32.7 Å². The quantitative estimate of drug-likeness (QED) is 0.0195. The van der Waals surface area contributed by atoms with Crippen molar-refractivity contribution in [2.45, 2.75) is 418 Å². The highest BCUT2D eigenvalue weighted by molar-refractivity contribution is 7.45. The van der Waals surface area contributed by atoms with E-state index in [4.69, 9.17) is 18.5 Å². The molecule has 2 atom stereocenters. The van der Waals surface area contributed by atoms with Crippen molar-refractivity contribution in [2.75, 3.05) is 47.5 Å². The van der Waals surface area contributed by atoms with Gasteiger partial charge < -0.3 is 27.9 Å². The normalized spacial score (nSPS) is 13.4. The maximum absolute atomic E-state index is 12.9. The molecule has 0 N–H and O–H groups in total. The molecule has 0 aliphatic rings. The SMILES string of the molecule is CC/C=C\C/C=C\C/C=C\C/C=C\C/C=C\CCCCCCCCCCCCCCCCCCCC(=O)OC(COC(=O)CCCCCCCCCCCCCCCCCCCCCCCCCCCCC/C=C\CCCCCCCCCC)COP(=O)([O-])OCC[N+](C)(C)C. The molecule has 96 heavy (non-hydrogen) atoms. The zero-order valence-electron chi connectivity index (χ0n) is 64.3. The van der Waals surface area contributed by atoms with Gasteiger partial charge in [-0.3, -0.25) is 14.2 Å². The van der Waals surface area contributed by atoms with Crippen molar-refractivity contribution in [2.24, 2.45) is 0 Å². The fourth-order valence-corrected chi connectivity index (χ4v) is 13.1. The monoisotopic (exact) mass is 1370 g/mol. The zero-order chi connectivity index (χ0) is 69.7. The van der Waals surface area contributed by atoms with E-state index in [1.54, 1.807) is 0 Å². The van der Waals surface area contributed by atoms with E-state index in [0.717, 1.165) is 70.6 Å². The molecule has 0 fully saturated rings. The number of unbranched alkanes of at least 4 members (excludes halogenated alkanes) is 52. The number of carbonyl (C=O) groups is 2. The van der Waals surface area contributed by atoms with E-state index in [2.05, 4.69) is 86.8 Å². The Morgan fingerprint density at radius 3 is 0.896 bits per heavy atom. The van der Waals surface area contributed by atoms with Crippen LogP contribution in [0.5, 0.6) is 0 Å². The van der Waals surface area contributed by atoms with E-state index in [1.807, 2.05) is 21.1 Å². The maximum Gasteiger partial charge on any atom is 0.306 e. The van der Waals surface area contributed by atoms with E-state index in [0.29, 0.717) is 17.4 Å². The van der Waals surface area contributed by atoms with Gasteiger partial charge in [0.2, 0.25) is 0 Å². The summed E-state index contributed by atoms with van der Waals surface area (Å²) in [5.74, 6) is -0.812. The van der Waals surface area contributed by atoms with Crippen LogP contribution >= 0.6 is 7.82 Å². The molecule has 562 valence electrons. The van der Waals surface area contributed by atoms with Gasteiger partial charge in [-0.15, -0.1) is 0 Å². The first kappa shape index (κ1) is 93.5. The largest absolute Gasteiger partial charge is 0.756 e. The second-order valence-corrected chi connectivity index (χ2v) is 30.9. The Hall–Kier alpha value is -2.55. The van der Waals surface area contributed by atoms with Crippen molar-refractivity contribution < 1.29 is 42.1 Å². The summed E-state index contributed by atoms with van der Waals surface area (Å²) in [6.07, 6.45) is 105. The molecular weight excluding hydrogens is 1210 g/mol. The number of allylic oxidation sites excluding steroid dienone is 12. The van der Waals surface area contributed by atoms with Crippen LogP contribution in [0.15, 0.2) is 72.9 Å². The lowest BCUT2D eigenvalue weighted by molar-refractivity contribution is -0.870. The van der Waals surface area contributed by atoms with Crippen LogP contribution in [0.3, 0.4) is 0 Å². The average Bonchev–Trinajstić information content (AvgIpc) is 1.48. The molecule has 0 bridgehead atoms. The highest BCUT2D eigenvalue weighted by atomic mass is 31.2. The minimum atomic E-state index is -4.65. The number of phosphoric ester groups is 1. The first-order valence-corrected chi connectivity index (χ1v) is 43.1. The Morgan fingerprint density at radius 1 is 0.333 bits per heavy atom. The summed E-state index contributed by atoms with van der Waals surface area (Å²) in [6, 6.07) is 0. The highest BCUT2D eigenvalue weighted by Crippen LogP contribution is 2.38. The summed E-state index contributed by atoms with van der Waals surface area (Å²) in [4.78, 5) is 38.2. The lowest BCUT2D eigenvalue weighted by Crippen LogP contribution is -2.37. The topological polar surface area (TPSA) is 111 Å². The molecule has 0 saturated carbocycles. The van der Waals surface area contributed by atoms with Crippen molar-refractivity contribution in [3.63, 3.8) is 0 Å². The minimum absolute atomic E-state index is 0.0296. The first-order valence-electron chi connectivity index (χ1n) is 41.6. The number of quaternary nitrogens is 1. The van der Waals surface area contributed by atoms with E-state index >= 15 is 0 Å². The van der Waals surface area contributed by atoms with Crippen LogP contribution in [0.2, 0.25) is 0 Å². The van der Waals surface area contributed by atoms with Gasteiger partial charge in [0.1, 0.15) is 19.8 Å². The lowest BCUT2D eigenvalue weighted by atomic mass is 10.0. The molecule has 0 amide bonds. The fraction of sp³-hybridized carbons (Fsp3) is 0.837. The van der Waals surface area contributed by atoms with Crippen molar-refractivity contribution in [1.82, 2.24) is 0 Å². The third-order valence-electron chi connectivity index (χ3n) is 18.7. The van der Waals surface area contributed by atoms with Gasteiger partial charge in [0.15, 0.2) is 6.10 Å². The lowest BCUT2D eigenvalue weighted by Gasteiger charge is -2.28. The minimum Gasteiger partial charge on any atom is -0.756 e. The smallest absolute Gasteiger partial charge is 0.306 e. The predicted octanol–water partition coefficient (Wildman–Crippen LogP) is 27.2.